The van der Waals surface area contributed by atoms with E-state index in [2.05, 4.69) is 42.5 Å². The van der Waals surface area contributed by atoms with Gasteiger partial charge in [-0.05, 0) is 52.3 Å². The first-order valence-corrected chi connectivity index (χ1v) is 7.43. The van der Waals surface area contributed by atoms with Crippen molar-refractivity contribution < 1.29 is 4.79 Å². The Morgan fingerprint density at radius 2 is 1.80 bits per heavy atom. The Labute approximate surface area is 134 Å². The van der Waals surface area contributed by atoms with E-state index in [1.54, 1.807) is 25.2 Å². The van der Waals surface area contributed by atoms with Crippen molar-refractivity contribution in [1.29, 1.82) is 0 Å². The highest BCUT2D eigenvalue weighted by molar-refractivity contribution is 9.11. The standard InChI is InChI=1S/C14H13Br2N3O/c1-18-14(20)8-2-4-13(11(17)6-8)19-12-5-3-9(15)7-10(12)16/h2-7,19H,17H2,1H3,(H,18,20). The second-order valence-electron chi connectivity index (χ2n) is 4.13. The third-order valence-corrected chi connectivity index (χ3v) is 3.89. The first kappa shape index (κ1) is 14.9. The van der Waals surface area contributed by atoms with Crippen molar-refractivity contribution in [1.82, 2.24) is 5.32 Å². The van der Waals surface area contributed by atoms with E-state index < -0.39 is 0 Å². The number of nitrogens with one attached hydrogen (secondary N) is 2. The molecule has 0 saturated heterocycles. The van der Waals surface area contributed by atoms with Crippen LogP contribution in [0.5, 0.6) is 0 Å². The van der Waals surface area contributed by atoms with Crippen LogP contribution in [0.4, 0.5) is 17.1 Å². The summed E-state index contributed by atoms with van der Waals surface area (Å²) in [5.74, 6) is -0.159. The normalized spacial score (nSPS) is 10.2. The summed E-state index contributed by atoms with van der Waals surface area (Å²) in [6, 6.07) is 11.0. The van der Waals surface area contributed by atoms with E-state index in [1.165, 1.54) is 0 Å². The second kappa shape index (κ2) is 6.28. The van der Waals surface area contributed by atoms with E-state index in [4.69, 9.17) is 5.73 Å². The zero-order valence-corrected chi connectivity index (χ0v) is 13.9. The molecule has 0 radical (unpaired) electrons. The smallest absolute Gasteiger partial charge is 0.251 e. The van der Waals surface area contributed by atoms with Gasteiger partial charge in [0.25, 0.3) is 5.91 Å². The largest absolute Gasteiger partial charge is 0.397 e. The lowest BCUT2D eigenvalue weighted by Crippen LogP contribution is -2.17. The maximum absolute atomic E-state index is 11.5. The maximum atomic E-state index is 11.5. The third kappa shape index (κ3) is 3.32. The molecule has 0 aliphatic heterocycles. The number of amides is 1. The van der Waals surface area contributed by atoms with Gasteiger partial charge in [-0.15, -0.1) is 0 Å². The fourth-order valence-corrected chi connectivity index (χ4v) is 2.84. The highest BCUT2D eigenvalue weighted by Gasteiger charge is 2.08. The lowest BCUT2D eigenvalue weighted by atomic mass is 10.1. The van der Waals surface area contributed by atoms with Gasteiger partial charge < -0.3 is 16.4 Å². The number of anilines is 3. The number of hydrogen-bond acceptors (Lipinski definition) is 3. The Balaban J connectivity index is 2.28. The Morgan fingerprint density at radius 1 is 1.10 bits per heavy atom. The molecule has 104 valence electrons. The molecule has 2 aromatic rings. The Kier molecular flexibility index (Phi) is 4.67. The molecule has 0 aliphatic carbocycles. The van der Waals surface area contributed by atoms with Crippen LogP contribution in [-0.4, -0.2) is 13.0 Å². The summed E-state index contributed by atoms with van der Waals surface area (Å²) >= 11 is 6.88. The van der Waals surface area contributed by atoms with E-state index in [1.807, 2.05) is 18.2 Å². The minimum Gasteiger partial charge on any atom is -0.397 e. The molecule has 0 unspecified atom stereocenters. The molecule has 0 bridgehead atoms. The molecule has 20 heavy (non-hydrogen) atoms. The summed E-state index contributed by atoms with van der Waals surface area (Å²) in [5, 5.41) is 5.79. The van der Waals surface area contributed by atoms with E-state index >= 15 is 0 Å². The van der Waals surface area contributed by atoms with Crippen molar-refractivity contribution in [2.24, 2.45) is 0 Å². The highest BCUT2D eigenvalue weighted by Crippen LogP contribution is 2.31. The van der Waals surface area contributed by atoms with E-state index in [-0.39, 0.29) is 5.91 Å². The van der Waals surface area contributed by atoms with Gasteiger partial charge in [0.05, 0.1) is 17.1 Å². The molecule has 2 rings (SSSR count). The summed E-state index contributed by atoms with van der Waals surface area (Å²) in [4.78, 5) is 11.5. The Bertz CT molecular complexity index is 659. The summed E-state index contributed by atoms with van der Waals surface area (Å²) in [6.07, 6.45) is 0. The van der Waals surface area contributed by atoms with Crippen LogP contribution < -0.4 is 16.4 Å². The molecule has 0 aromatic heterocycles. The zero-order valence-electron chi connectivity index (χ0n) is 10.7. The lowest BCUT2D eigenvalue weighted by molar-refractivity contribution is 0.0963. The van der Waals surface area contributed by atoms with E-state index in [0.717, 1.165) is 20.3 Å². The minimum atomic E-state index is -0.159. The summed E-state index contributed by atoms with van der Waals surface area (Å²) in [7, 11) is 1.59. The number of rotatable bonds is 3. The van der Waals surface area contributed by atoms with Gasteiger partial charge in [0, 0.05) is 21.6 Å². The van der Waals surface area contributed by atoms with Crippen LogP contribution in [0, 0.1) is 0 Å². The molecule has 0 heterocycles. The maximum Gasteiger partial charge on any atom is 0.251 e. The molecule has 1 amide bonds. The molecule has 4 N–H and O–H groups in total. The summed E-state index contributed by atoms with van der Waals surface area (Å²) in [6.45, 7) is 0. The quantitative estimate of drug-likeness (QED) is 0.687. The number of carbonyl (C=O) groups excluding carboxylic acids is 1. The number of hydrogen-bond donors (Lipinski definition) is 3. The molecule has 6 heteroatoms. The molecule has 2 aromatic carbocycles. The SMILES string of the molecule is CNC(=O)c1ccc(Nc2ccc(Br)cc2Br)c(N)c1. The van der Waals surface area contributed by atoms with Gasteiger partial charge in [-0.3, -0.25) is 4.79 Å². The molecule has 0 spiro atoms. The minimum absolute atomic E-state index is 0.159. The van der Waals surface area contributed by atoms with E-state index in [0.29, 0.717) is 11.3 Å². The first-order valence-electron chi connectivity index (χ1n) is 5.85. The highest BCUT2D eigenvalue weighted by atomic mass is 79.9. The summed E-state index contributed by atoms with van der Waals surface area (Å²) < 4.78 is 1.90. The molecular formula is C14H13Br2N3O. The lowest BCUT2D eigenvalue weighted by Gasteiger charge is -2.12. The third-order valence-electron chi connectivity index (χ3n) is 2.74. The van der Waals surface area contributed by atoms with E-state index in [9.17, 15) is 4.79 Å². The summed E-state index contributed by atoms with van der Waals surface area (Å²) in [5.41, 5.74) is 8.67. The predicted molar refractivity (Wildman–Crippen MR) is 89.4 cm³/mol. The first-order chi connectivity index (χ1) is 9.51. The monoisotopic (exact) mass is 397 g/mol. The van der Waals surface area contributed by atoms with Crippen LogP contribution in [0.2, 0.25) is 0 Å². The Morgan fingerprint density at radius 3 is 2.40 bits per heavy atom. The molecule has 0 fully saturated rings. The number of carbonyl (C=O) groups is 1. The van der Waals surface area contributed by atoms with Crippen molar-refractivity contribution in [3.8, 4) is 0 Å². The van der Waals surface area contributed by atoms with Crippen molar-refractivity contribution >= 4 is 54.8 Å². The average molecular weight is 399 g/mol. The predicted octanol–water partition coefficient (Wildman–Crippen LogP) is 3.90. The molecule has 4 nitrogen and oxygen atoms in total. The van der Waals surface area contributed by atoms with Gasteiger partial charge >= 0.3 is 0 Å². The number of halogens is 2. The van der Waals surface area contributed by atoms with Gasteiger partial charge in [0.2, 0.25) is 0 Å². The average Bonchev–Trinajstić information content (AvgIpc) is 2.42. The van der Waals surface area contributed by atoms with Crippen molar-refractivity contribution in [3.63, 3.8) is 0 Å². The number of nitrogen functional groups attached to an aromatic ring is 1. The zero-order chi connectivity index (χ0) is 14.7. The van der Waals surface area contributed by atoms with Crippen LogP contribution in [0.3, 0.4) is 0 Å². The number of benzene rings is 2. The van der Waals surface area contributed by atoms with Gasteiger partial charge in [0.15, 0.2) is 0 Å². The van der Waals surface area contributed by atoms with Crippen molar-refractivity contribution in [2.45, 2.75) is 0 Å². The van der Waals surface area contributed by atoms with Crippen LogP contribution in [-0.2, 0) is 0 Å². The second-order valence-corrected chi connectivity index (χ2v) is 5.90. The van der Waals surface area contributed by atoms with Gasteiger partial charge in [-0.25, -0.2) is 0 Å². The van der Waals surface area contributed by atoms with Crippen LogP contribution in [0.15, 0.2) is 45.3 Å². The van der Waals surface area contributed by atoms with Gasteiger partial charge in [-0.2, -0.15) is 0 Å². The van der Waals surface area contributed by atoms with Gasteiger partial charge in [-0.1, -0.05) is 15.9 Å². The fourth-order valence-electron chi connectivity index (χ4n) is 1.70. The van der Waals surface area contributed by atoms with Crippen LogP contribution in [0.25, 0.3) is 0 Å². The molecule has 0 saturated carbocycles. The molecule has 0 atom stereocenters. The molecular weight excluding hydrogens is 386 g/mol. The van der Waals surface area contributed by atoms with Crippen molar-refractivity contribution in [2.75, 3.05) is 18.1 Å². The topological polar surface area (TPSA) is 67.2 Å². The van der Waals surface area contributed by atoms with Crippen LogP contribution >= 0.6 is 31.9 Å². The number of nitrogens with two attached hydrogens (primary N) is 1. The van der Waals surface area contributed by atoms with Crippen molar-refractivity contribution in [3.05, 3.63) is 50.9 Å². The molecule has 0 aliphatic rings. The van der Waals surface area contributed by atoms with Crippen LogP contribution in [0.1, 0.15) is 10.4 Å². The fraction of sp³-hybridized carbons (Fsp3) is 0.0714. The Hall–Kier alpha value is -1.53. The van der Waals surface area contributed by atoms with Gasteiger partial charge in [0.1, 0.15) is 0 Å².